The minimum absolute atomic E-state index is 0.194. The van der Waals surface area contributed by atoms with Crippen molar-refractivity contribution in [3.05, 3.63) is 82.4 Å². The van der Waals surface area contributed by atoms with Gasteiger partial charge in [0.1, 0.15) is 11.5 Å². The first kappa shape index (κ1) is 21.4. The minimum atomic E-state index is -0.508. The topological polar surface area (TPSA) is 55.9 Å². The van der Waals surface area contributed by atoms with E-state index in [0.717, 1.165) is 36.8 Å². The van der Waals surface area contributed by atoms with Crippen LogP contribution in [0.1, 0.15) is 4.88 Å². The lowest BCUT2D eigenvalue weighted by Gasteiger charge is -2.34. The van der Waals surface area contributed by atoms with Gasteiger partial charge in [-0.2, -0.15) is 0 Å². The Balaban J connectivity index is 1.44. The molecule has 0 spiro atoms. The Morgan fingerprint density at radius 3 is 2.30 bits per heavy atom. The fraction of sp³-hybridized carbons (Fsp3) is 0.200. The highest BCUT2D eigenvalue weighted by Crippen LogP contribution is 2.35. The van der Waals surface area contributed by atoms with E-state index in [1.54, 1.807) is 12.1 Å². The number of imide groups is 1. The molecular formula is C25H23FN4O2S. The number of nitrogens with zero attached hydrogens (tertiary/aromatic N) is 3. The number of anilines is 3. The molecule has 1 fully saturated rings. The van der Waals surface area contributed by atoms with Gasteiger partial charge in [-0.25, -0.2) is 9.29 Å². The van der Waals surface area contributed by atoms with Crippen molar-refractivity contribution < 1.29 is 14.0 Å². The first-order valence-corrected chi connectivity index (χ1v) is 11.6. The minimum Gasteiger partial charge on any atom is -0.369 e. The summed E-state index contributed by atoms with van der Waals surface area (Å²) in [5, 5.41) is 5.02. The maximum atomic E-state index is 13.8. The number of carbonyl (C=O) groups is 2. The summed E-state index contributed by atoms with van der Waals surface area (Å²) in [6.45, 7) is 3.96. The molecule has 33 heavy (non-hydrogen) atoms. The van der Waals surface area contributed by atoms with Crippen molar-refractivity contribution in [2.75, 3.05) is 48.3 Å². The SMILES string of the molecule is CN1CCN(c2ccc(NC3=C(c4cccs4)C(=O)N(c4cccc(F)c4)C3=O)cc2)CC1. The number of hydrogen-bond acceptors (Lipinski definition) is 6. The number of hydrogen-bond donors (Lipinski definition) is 1. The van der Waals surface area contributed by atoms with E-state index in [2.05, 4.69) is 22.2 Å². The van der Waals surface area contributed by atoms with E-state index in [9.17, 15) is 14.0 Å². The largest absolute Gasteiger partial charge is 0.369 e. The van der Waals surface area contributed by atoms with Gasteiger partial charge >= 0.3 is 0 Å². The predicted molar refractivity (Wildman–Crippen MR) is 130 cm³/mol. The molecule has 0 bridgehead atoms. The molecule has 3 aromatic rings. The normalized spacial score (nSPS) is 17.3. The number of likely N-dealkylation sites (N-methyl/N-ethyl adjacent to an activating group) is 1. The van der Waals surface area contributed by atoms with Crippen LogP contribution >= 0.6 is 11.3 Å². The lowest BCUT2D eigenvalue weighted by atomic mass is 10.1. The highest BCUT2D eigenvalue weighted by atomic mass is 32.1. The van der Waals surface area contributed by atoms with Gasteiger partial charge in [-0.15, -0.1) is 11.3 Å². The first-order valence-electron chi connectivity index (χ1n) is 10.7. The average Bonchev–Trinajstić information content (AvgIpc) is 3.41. The van der Waals surface area contributed by atoms with Crippen molar-refractivity contribution in [2.45, 2.75) is 0 Å². The van der Waals surface area contributed by atoms with Crippen LogP contribution in [0.5, 0.6) is 0 Å². The zero-order valence-electron chi connectivity index (χ0n) is 18.1. The molecule has 2 amide bonds. The number of thiophene rings is 1. The van der Waals surface area contributed by atoms with E-state index in [1.807, 2.05) is 35.7 Å². The summed E-state index contributed by atoms with van der Waals surface area (Å²) in [5.74, 6) is -1.48. The number of amides is 2. The Hall–Kier alpha value is -3.49. The molecule has 1 aromatic heterocycles. The Labute approximate surface area is 195 Å². The van der Waals surface area contributed by atoms with Crippen molar-refractivity contribution in [2.24, 2.45) is 0 Å². The fourth-order valence-corrected chi connectivity index (χ4v) is 4.88. The van der Waals surface area contributed by atoms with Crippen LogP contribution in [-0.4, -0.2) is 49.9 Å². The molecule has 2 aliphatic rings. The van der Waals surface area contributed by atoms with Crippen molar-refractivity contribution in [3.63, 3.8) is 0 Å². The van der Waals surface area contributed by atoms with Crippen LogP contribution in [0.2, 0.25) is 0 Å². The van der Waals surface area contributed by atoms with Gasteiger partial charge in [0.2, 0.25) is 0 Å². The van der Waals surface area contributed by atoms with E-state index in [4.69, 9.17) is 0 Å². The predicted octanol–water partition coefficient (Wildman–Crippen LogP) is 4.04. The number of benzene rings is 2. The third kappa shape index (κ3) is 4.15. The maximum Gasteiger partial charge on any atom is 0.282 e. The monoisotopic (exact) mass is 462 g/mol. The summed E-state index contributed by atoms with van der Waals surface area (Å²) in [5.41, 5.74) is 2.53. The quantitative estimate of drug-likeness (QED) is 0.580. The van der Waals surface area contributed by atoms with Crippen molar-refractivity contribution in [1.82, 2.24) is 4.90 Å². The summed E-state index contributed by atoms with van der Waals surface area (Å²) in [7, 11) is 2.12. The second kappa shape index (κ2) is 8.80. The molecule has 0 unspecified atom stereocenters. The molecule has 1 saturated heterocycles. The molecule has 2 aliphatic heterocycles. The molecule has 2 aromatic carbocycles. The van der Waals surface area contributed by atoms with E-state index in [-0.39, 0.29) is 11.4 Å². The van der Waals surface area contributed by atoms with Gasteiger partial charge in [-0.3, -0.25) is 9.59 Å². The van der Waals surface area contributed by atoms with Gasteiger partial charge < -0.3 is 15.1 Å². The van der Waals surface area contributed by atoms with Crippen LogP contribution in [0.15, 0.2) is 71.7 Å². The third-order valence-electron chi connectivity index (χ3n) is 5.92. The smallest absolute Gasteiger partial charge is 0.282 e. The molecule has 8 heteroatoms. The van der Waals surface area contributed by atoms with Crippen molar-refractivity contribution in [3.8, 4) is 0 Å². The van der Waals surface area contributed by atoms with Crippen LogP contribution < -0.4 is 15.1 Å². The number of halogens is 1. The molecule has 3 heterocycles. The summed E-state index contributed by atoms with van der Waals surface area (Å²) >= 11 is 1.38. The molecule has 1 N–H and O–H groups in total. The fourth-order valence-electron chi connectivity index (χ4n) is 4.11. The molecule has 0 radical (unpaired) electrons. The van der Waals surface area contributed by atoms with Gasteiger partial charge in [0.05, 0.1) is 11.3 Å². The standard InChI is InChI=1S/C25H23FN4O2S/c1-28-11-13-29(14-12-28)19-9-7-18(8-10-19)27-23-22(21-6-3-15-33-21)24(31)30(25(23)32)20-5-2-4-17(26)16-20/h2-10,15-16,27H,11-14H2,1H3. The van der Waals surface area contributed by atoms with E-state index >= 15 is 0 Å². The van der Waals surface area contributed by atoms with Crippen LogP contribution in [-0.2, 0) is 9.59 Å². The summed E-state index contributed by atoms with van der Waals surface area (Å²) in [6.07, 6.45) is 0. The average molecular weight is 463 g/mol. The van der Waals surface area contributed by atoms with Gasteiger partial charge in [-0.05, 0) is 61.0 Å². The van der Waals surface area contributed by atoms with E-state index in [0.29, 0.717) is 16.1 Å². The Morgan fingerprint density at radius 2 is 1.64 bits per heavy atom. The highest BCUT2D eigenvalue weighted by molar-refractivity contribution is 7.11. The molecule has 0 atom stereocenters. The summed E-state index contributed by atoms with van der Waals surface area (Å²) < 4.78 is 13.8. The molecule has 0 aliphatic carbocycles. The van der Waals surface area contributed by atoms with Crippen LogP contribution in [0, 0.1) is 5.82 Å². The Bertz CT molecular complexity index is 1220. The summed E-state index contributed by atoms with van der Waals surface area (Å²) in [6, 6.07) is 17.0. The molecular weight excluding hydrogens is 439 g/mol. The molecule has 6 nitrogen and oxygen atoms in total. The number of nitrogens with one attached hydrogen (secondary N) is 1. The molecule has 168 valence electrons. The number of carbonyl (C=O) groups excluding carboxylic acids is 2. The Kier molecular flexibility index (Phi) is 5.70. The third-order valence-corrected chi connectivity index (χ3v) is 6.81. The maximum absolute atomic E-state index is 13.8. The summed E-state index contributed by atoms with van der Waals surface area (Å²) in [4.78, 5) is 33.0. The zero-order chi connectivity index (χ0) is 22.9. The first-order chi connectivity index (χ1) is 16.0. The molecule has 5 rings (SSSR count). The highest BCUT2D eigenvalue weighted by Gasteiger charge is 2.40. The van der Waals surface area contributed by atoms with Crippen LogP contribution in [0.25, 0.3) is 5.57 Å². The second-order valence-corrected chi connectivity index (χ2v) is 9.06. The lowest BCUT2D eigenvalue weighted by molar-refractivity contribution is -0.120. The van der Waals surface area contributed by atoms with Gasteiger partial charge in [0.25, 0.3) is 11.8 Å². The zero-order valence-corrected chi connectivity index (χ0v) is 18.9. The van der Waals surface area contributed by atoms with E-state index in [1.165, 1.54) is 29.5 Å². The number of piperazine rings is 1. The lowest BCUT2D eigenvalue weighted by Crippen LogP contribution is -2.44. The number of rotatable bonds is 5. The van der Waals surface area contributed by atoms with Gasteiger partial charge in [-0.1, -0.05) is 12.1 Å². The van der Waals surface area contributed by atoms with Crippen LogP contribution in [0.4, 0.5) is 21.5 Å². The second-order valence-electron chi connectivity index (χ2n) is 8.12. The van der Waals surface area contributed by atoms with Crippen molar-refractivity contribution in [1.29, 1.82) is 0 Å². The molecule has 0 saturated carbocycles. The van der Waals surface area contributed by atoms with Gasteiger partial charge in [0, 0.05) is 42.4 Å². The van der Waals surface area contributed by atoms with Crippen molar-refractivity contribution >= 4 is 45.8 Å². The Morgan fingerprint density at radius 1 is 0.879 bits per heavy atom. The van der Waals surface area contributed by atoms with E-state index < -0.39 is 17.6 Å². The van der Waals surface area contributed by atoms with Crippen LogP contribution in [0.3, 0.4) is 0 Å². The van der Waals surface area contributed by atoms with Gasteiger partial charge in [0.15, 0.2) is 0 Å².